The van der Waals surface area contributed by atoms with Gasteiger partial charge >= 0.3 is 0 Å². The van der Waals surface area contributed by atoms with Crippen molar-refractivity contribution in [2.45, 2.75) is 0 Å². The van der Waals surface area contributed by atoms with E-state index in [0.29, 0.717) is 0 Å². The monoisotopic (exact) mass is 731 g/mol. The van der Waals surface area contributed by atoms with Gasteiger partial charge in [-0.3, -0.25) is 0 Å². The van der Waals surface area contributed by atoms with Gasteiger partial charge in [0.05, 0.1) is 0 Å². The quantitative estimate of drug-likeness (QED) is 0.150. The first-order chi connectivity index (χ1) is 27.7. The van der Waals surface area contributed by atoms with Gasteiger partial charge in [-0.25, -0.2) is 0 Å². The van der Waals surface area contributed by atoms with Gasteiger partial charge in [-0.1, -0.05) is 170 Å². The molecular formula is C54H37NS. The highest BCUT2D eigenvalue weighted by Gasteiger charge is 2.16. The van der Waals surface area contributed by atoms with Crippen molar-refractivity contribution in [1.29, 1.82) is 0 Å². The summed E-state index contributed by atoms with van der Waals surface area (Å²) in [6.45, 7) is 0. The average Bonchev–Trinajstić information content (AvgIpc) is 3.66. The third-order valence-corrected chi connectivity index (χ3v) is 11.9. The first kappa shape index (κ1) is 33.6. The van der Waals surface area contributed by atoms with Crippen molar-refractivity contribution in [3.63, 3.8) is 0 Å². The molecule has 10 aromatic rings. The van der Waals surface area contributed by atoms with Gasteiger partial charge in [-0.05, 0) is 110 Å². The number of rotatable bonds is 8. The topological polar surface area (TPSA) is 3.24 Å². The van der Waals surface area contributed by atoms with E-state index in [1.807, 2.05) is 11.3 Å². The maximum atomic E-state index is 2.35. The van der Waals surface area contributed by atoms with Crippen molar-refractivity contribution in [2.75, 3.05) is 4.90 Å². The number of fused-ring (bicyclic) bond motifs is 3. The highest BCUT2D eigenvalue weighted by molar-refractivity contribution is 7.25. The van der Waals surface area contributed by atoms with E-state index in [9.17, 15) is 0 Å². The number of nitrogens with zero attached hydrogens (tertiary/aromatic N) is 1. The van der Waals surface area contributed by atoms with Crippen LogP contribution in [0.25, 0.3) is 75.8 Å². The second kappa shape index (κ2) is 14.7. The van der Waals surface area contributed by atoms with Crippen LogP contribution >= 0.6 is 11.3 Å². The van der Waals surface area contributed by atoms with Crippen LogP contribution in [0.2, 0.25) is 0 Å². The van der Waals surface area contributed by atoms with Crippen LogP contribution in [0.5, 0.6) is 0 Å². The van der Waals surface area contributed by atoms with Gasteiger partial charge < -0.3 is 4.90 Å². The summed E-state index contributed by atoms with van der Waals surface area (Å²) in [4.78, 5) is 2.35. The molecular weight excluding hydrogens is 695 g/mol. The highest BCUT2D eigenvalue weighted by Crippen LogP contribution is 2.41. The van der Waals surface area contributed by atoms with Gasteiger partial charge in [-0.2, -0.15) is 0 Å². The standard InChI is InChI=1S/C54H37NS/c1-4-12-38(13-5-1)39-20-28-46(29-21-39)55(48-32-24-41(25-33-48)45-27-35-51-50-18-10-11-19-53(50)56-54(51)37-45)47-30-22-40(23-31-47)44-26-34-49(42-14-6-2-7-15-42)52(36-44)43-16-8-3-9-17-43/h1-37H. The Hall–Kier alpha value is -7.00. The molecule has 0 unspecified atom stereocenters. The van der Waals surface area contributed by atoms with E-state index in [2.05, 4.69) is 229 Å². The lowest BCUT2D eigenvalue weighted by Gasteiger charge is -2.26. The highest BCUT2D eigenvalue weighted by atomic mass is 32.1. The predicted molar refractivity (Wildman–Crippen MR) is 241 cm³/mol. The number of benzene rings is 9. The Balaban J connectivity index is 1.02. The van der Waals surface area contributed by atoms with Crippen LogP contribution < -0.4 is 4.90 Å². The summed E-state index contributed by atoms with van der Waals surface area (Å²) in [5, 5.41) is 2.65. The van der Waals surface area contributed by atoms with Crippen LogP contribution in [-0.4, -0.2) is 0 Å². The predicted octanol–water partition coefficient (Wildman–Crippen LogP) is 15.9. The van der Waals surface area contributed by atoms with Gasteiger partial charge in [-0.15, -0.1) is 11.3 Å². The van der Waals surface area contributed by atoms with Crippen LogP contribution in [0, 0.1) is 0 Å². The fourth-order valence-corrected chi connectivity index (χ4v) is 8.99. The Morgan fingerprint density at radius 3 is 1.21 bits per heavy atom. The molecule has 0 amide bonds. The zero-order valence-corrected chi connectivity index (χ0v) is 31.5. The lowest BCUT2D eigenvalue weighted by atomic mass is 9.91. The number of thiophene rings is 1. The second-order valence-corrected chi connectivity index (χ2v) is 15.2. The SMILES string of the molecule is c1ccc(-c2ccc(N(c3ccc(-c4ccc(-c5ccccc5)c(-c5ccccc5)c4)cc3)c3ccc(-c4ccc5c(c4)sc4ccccc45)cc3)cc2)cc1. The van der Waals surface area contributed by atoms with E-state index in [1.54, 1.807) is 0 Å². The third kappa shape index (κ3) is 6.47. The van der Waals surface area contributed by atoms with Crippen LogP contribution in [-0.2, 0) is 0 Å². The zero-order chi connectivity index (χ0) is 37.3. The summed E-state index contributed by atoms with van der Waals surface area (Å²) in [7, 11) is 0. The molecule has 9 aromatic carbocycles. The summed E-state index contributed by atoms with van der Waals surface area (Å²) < 4.78 is 2.65. The molecule has 0 fully saturated rings. The van der Waals surface area contributed by atoms with Crippen molar-refractivity contribution >= 4 is 48.6 Å². The van der Waals surface area contributed by atoms with Crippen LogP contribution in [0.3, 0.4) is 0 Å². The van der Waals surface area contributed by atoms with Crippen LogP contribution in [0.15, 0.2) is 224 Å². The fraction of sp³-hybridized carbons (Fsp3) is 0. The number of hydrogen-bond acceptors (Lipinski definition) is 2. The Morgan fingerprint density at radius 1 is 0.250 bits per heavy atom. The van der Waals surface area contributed by atoms with Crippen molar-refractivity contribution in [2.24, 2.45) is 0 Å². The lowest BCUT2D eigenvalue weighted by Crippen LogP contribution is -2.09. The maximum Gasteiger partial charge on any atom is 0.0462 e. The molecule has 2 heteroatoms. The van der Waals surface area contributed by atoms with Gasteiger partial charge in [0.1, 0.15) is 0 Å². The molecule has 0 aliphatic rings. The van der Waals surface area contributed by atoms with Crippen molar-refractivity contribution in [1.82, 2.24) is 0 Å². The van der Waals surface area contributed by atoms with Gasteiger partial charge in [0.2, 0.25) is 0 Å². The minimum atomic E-state index is 1.10. The van der Waals surface area contributed by atoms with Gasteiger partial charge in [0.15, 0.2) is 0 Å². The Kier molecular flexibility index (Phi) is 8.79. The average molecular weight is 732 g/mol. The normalized spacial score (nSPS) is 11.2. The molecule has 0 spiro atoms. The number of hydrogen-bond donors (Lipinski definition) is 0. The lowest BCUT2D eigenvalue weighted by molar-refractivity contribution is 1.28. The molecule has 0 bridgehead atoms. The molecule has 0 saturated heterocycles. The first-order valence-electron chi connectivity index (χ1n) is 19.1. The molecule has 10 rings (SSSR count). The van der Waals surface area contributed by atoms with Gasteiger partial charge in [0, 0.05) is 37.2 Å². The van der Waals surface area contributed by atoms with Gasteiger partial charge in [0.25, 0.3) is 0 Å². The van der Waals surface area contributed by atoms with Crippen LogP contribution in [0.4, 0.5) is 17.1 Å². The molecule has 0 atom stereocenters. The van der Waals surface area contributed by atoms with Crippen LogP contribution in [0.1, 0.15) is 0 Å². The minimum absolute atomic E-state index is 1.10. The molecule has 0 aliphatic carbocycles. The molecule has 1 aromatic heterocycles. The molecule has 0 N–H and O–H groups in total. The van der Waals surface area contributed by atoms with Crippen molar-refractivity contribution < 1.29 is 0 Å². The van der Waals surface area contributed by atoms with E-state index in [1.165, 1.54) is 75.8 Å². The van der Waals surface area contributed by atoms with E-state index in [0.717, 1.165) is 17.1 Å². The summed E-state index contributed by atoms with van der Waals surface area (Å²) in [6.07, 6.45) is 0. The fourth-order valence-electron chi connectivity index (χ4n) is 7.84. The summed E-state index contributed by atoms with van der Waals surface area (Å²) in [5.74, 6) is 0. The Labute approximate surface area is 332 Å². The van der Waals surface area contributed by atoms with E-state index in [4.69, 9.17) is 0 Å². The van der Waals surface area contributed by atoms with E-state index < -0.39 is 0 Å². The zero-order valence-electron chi connectivity index (χ0n) is 30.7. The van der Waals surface area contributed by atoms with E-state index >= 15 is 0 Å². The number of anilines is 3. The van der Waals surface area contributed by atoms with Crippen molar-refractivity contribution in [3.05, 3.63) is 224 Å². The molecule has 1 nitrogen and oxygen atoms in total. The van der Waals surface area contributed by atoms with Crippen molar-refractivity contribution in [3.8, 4) is 55.6 Å². The Bertz CT molecular complexity index is 2910. The molecule has 1 heterocycles. The summed E-state index contributed by atoms with van der Waals surface area (Å²) in [5.41, 5.74) is 15.4. The summed E-state index contributed by atoms with van der Waals surface area (Å²) in [6, 6.07) is 81.2. The first-order valence-corrected chi connectivity index (χ1v) is 19.9. The molecule has 56 heavy (non-hydrogen) atoms. The van der Waals surface area contributed by atoms with E-state index in [-0.39, 0.29) is 0 Å². The Morgan fingerprint density at radius 2 is 0.643 bits per heavy atom. The maximum absolute atomic E-state index is 2.35. The third-order valence-electron chi connectivity index (χ3n) is 10.7. The molecule has 0 radical (unpaired) electrons. The molecule has 0 aliphatic heterocycles. The second-order valence-electron chi connectivity index (χ2n) is 14.1. The molecule has 264 valence electrons. The molecule has 0 saturated carbocycles. The summed E-state index contributed by atoms with van der Waals surface area (Å²) >= 11 is 1.86. The largest absolute Gasteiger partial charge is 0.311 e. The minimum Gasteiger partial charge on any atom is -0.311 e. The smallest absolute Gasteiger partial charge is 0.0462 e.